The van der Waals surface area contributed by atoms with Crippen molar-refractivity contribution >= 4 is 60.5 Å². The van der Waals surface area contributed by atoms with Crippen LogP contribution in [0.2, 0.25) is 0 Å². The highest BCUT2D eigenvalue weighted by atomic mass is 16.3. The van der Waals surface area contributed by atoms with Crippen LogP contribution in [0, 0.1) is 0 Å². The third-order valence-electron chi connectivity index (χ3n) is 9.95. The molecule has 0 aliphatic rings. The quantitative estimate of drug-likeness (QED) is 0.164. The Morgan fingerprint density at radius 1 is 0.365 bits per heavy atom. The van der Waals surface area contributed by atoms with Crippen LogP contribution < -0.4 is 4.90 Å². The van der Waals surface area contributed by atoms with Gasteiger partial charge in [0.15, 0.2) is 0 Å². The highest BCUT2D eigenvalue weighted by Crippen LogP contribution is 2.49. The number of hydrogen-bond donors (Lipinski definition) is 0. The lowest BCUT2D eigenvalue weighted by atomic mass is 9.94. The molecule has 2 heteroatoms. The van der Waals surface area contributed by atoms with E-state index in [4.69, 9.17) is 8.53 Å². The van der Waals surface area contributed by atoms with Gasteiger partial charge in [-0.25, -0.2) is 0 Å². The van der Waals surface area contributed by atoms with Gasteiger partial charge in [-0.3, -0.25) is 0 Å². The van der Waals surface area contributed by atoms with E-state index >= 15 is 0 Å². The van der Waals surface area contributed by atoms with Crippen molar-refractivity contribution in [2.24, 2.45) is 0 Å². The van der Waals surface area contributed by atoms with E-state index in [0.29, 0.717) is 22.4 Å². The van der Waals surface area contributed by atoms with Crippen molar-refractivity contribution in [3.05, 3.63) is 200 Å². The Hall–Kier alpha value is -6.90. The average molecular weight is 669 g/mol. The lowest BCUT2D eigenvalue weighted by Gasteiger charge is -2.28. The number of hydrogen-bond acceptors (Lipinski definition) is 2. The lowest BCUT2D eigenvalue weighted by molar-refractivity contribution is 0.674. The highest BCUT2D eigenvalue weighted by Gasteiger charge is 2.24. The van der Waals surface area contributed by atoms with E-state index in [1.807, 2.05) is 78.9 Å². The Balaban J connectivity index is 1.32. The van der Waals surface area contributed by atoms with Crippen molar-refractivity contribution in [2.75, 3.05) is 4.90 Å². The zero-order valence-corrected chi connectivity index (χ0v) is 28.0. The van der Waals surface area contributed by atoms with E-state index in [1.54, 1.807) is 0 Å². The fraction of sp³-hybridized carbons (Fsp3) is 0. The van der Waals surface area contributed by atoms with E-state index in [-0.39, 0.29) is 17.6 Å². The van der Waals surface area contributed by atoms with Crippen molar-refractivity contribution in [3.63, 3.8) is 0 Å². The lowest BCUT2D eigenvalue weighted by Crippen LogP contribution is -2.11. The minimum atomic E-state index is -0.450. The van der Waals surface area contributed by atoms with E-state index in [2.05, 4.69) is 95.9 Å². The Kier molecular flexibility index (Phi) is 6.01. The molecule has 52 heavy (non-hydrogen) atoms. The summed E-state index contributed by atoms with van der Waals surface area (Å²) in [6.45, 7) is 0. The Morgan fingerprint density at radius 3 is 1.42 bits per heavy atom. The molecule has 1 heterocycles. The van der Waals surface area contributed by atoms with Crippen molar-refractivity contribution in [1.29, 1.82) is 0 Å². The first-order chi connectivity index (χ1) is 27.9. The van der Waals surface area contributed by atoms with Gasteiger partial charge in [0, 0.05) is 33.1 Å². The fourth-order valence-electron chi connectivity index (χ4n) is 7.56. The predicted molar refractivity (Wildman–Crippen MR) is 220 cm³/mol. The van der Waals surface area contributed by atoms with Gasteiger partial charge in [-0.2, -0.15) is 0 Å². The summed E-state index contributed by atoms with van der Waals surface area (Å²) in [4.78, 5) is 2.09. The van der Waals surface area contributed by atoms with Crippen LogP contribution in [-0.4, -0.2) is 0 Å². The summed E-state index contributed by atoms with van der Waals surface area (Å²) < 4.78 is 51.7. The van der Waals surface area contributed by atoms with E-state index in [0.717, 1.165) is 65.9 Å². The van der Waals surface area contributed by atoms with Crippen molar-refractivity contribution in [2.45, 2.75) is 0 Å². The maximum atomic E-state index is 9.31. The summed E-state index contributed by atoms with van der Waals surface area (Å²) in [5.41, 5.74) is 8.13. The van der Waals surface area contributed by atoms with Crippen LogP contribution in [0.3, 0.4) is 0 Å². The molecule has 1 aromatic heterocycles. The van der Waals surface area contributed by atoms with Crippen LogP contribution in [0.25, 0.3) is 76.9 Å². The molecule has 0 fully saturated rings. The van der Waals surface area contributed by atoms with Gasteiger partial charge in [0.2, 0.25) is 0 Å². The molecule has 0 atom stereocenters. The third-order valence-corrected chi connectivity index (χ3v) is 9.95. The molecule has 244 valence electrons. The van der Waals surface area contributed by atoms with Gasteiger partial charge in [-0.1, -0.05) is 164 Å². The van der Waals surface area contributed by atoms with Crippen LogP contribution in [0.5, 0.6) is 0 Å². The minimum absolute atomic E-state index is 0.0704. The van der Waals surface area contributed by atoms with Crippen molar-refractivity contribution < 1.29 is 11.3 Å². The van der Waals surface area contributed by atoms with Gasteiger partial charge in [0.1, 0.15) is 11.2 Å². The third kappa shape index (κ3) is 4.96. The summed E-state index contributed by atoms with van der Waals surface area (Å²) in [6.07, 6.45) is 0. The Bertz CT molecular complexity index is 3050. The second kappa shape index (κ2) is 12.5. The molecule has 0 unspecified atom stereocenters. The van der Waals surface area contributed by atoms with E-state index in [1.165, 1.54) is 0 Å². The molecule has 0 aliphatic carbocycles. The monoisotopic (exact) mass is 668 g/mol. The van der Waals surface area contributed by atoms with Crippen LogP contribution in [0.15, 0.2) is 204 Å². The van der Waals surface area contributed by atoms with Crippen LogP contribution in [-0.2, 0) is 0 Å². The molecule has 0 spiro atoms. The molecule has 0 N–H and O–H groups in total. The summed E-state index contributed by atoms with van der Waals surface area (Å²) >= 11 is 0. The number of nitrogens with zero attached hydrogens (tertiary/aromatic N) is 1. The zero-order chi connectivity index (χ0) is 38.8. The maximum absolute atomic E-state index is 9.31. The van der Waals surface area contributed by atoms with Crippen LogP contribution >= 0.6 is 0 Å². The topological polar surface area (TPSA) is 16.4 Å². The smallest absolute Gasteiger partial charge is 0.145 e. The fourth-order valence-corrected chi connectivity index (χ4v) is 7.56. The zero-order valence-electron chi connectivity index (χ0n) is 33.0. The number of anilines is 3. The van der Waals surface area contributed by atoms with Gasteiger partial charge in [0.25, 0.3) is 0 Å². The number of fused-ring (bicyclic) bond motifs is 8. The van der Waals surface area contributed by atoms with Crippen LogP contribution in [0.1, 0.15) is 6.85 Å². The van der Waals surface area contributed by atoms with E-state index in [9.17, 15) is 2.74 Å². The standard InChI is InChI=1S/C50H33NO/c1-4-14-34(15-5-1)36-24-28-39(29-25-36)51(40-30-26-37(27-31-40)35-16-6-2-7-17-35)46-33-32-45-48-43-22-12-10-20-41(43)42-21-11-13-23-44(42)49(48)52-50(45)47(46)38-18-8-3-9-19-38/h1-33H/i3D,8D,9D,18D,19D. The summed E-state index contributed by atoms with van der Waals surface area (Å²) in [5, 5.41) is 5.76. The summed E-state index contributed by atoms with van der Waals surface area (Å²) in [6, 6.07) is 55.5. The molecule has 2 nitrogen and oxygen atoms in total. The SMILES string of the molecule is [2H]c1c([2H])c([2H])c(-c2c(N(c3ccc(-c4ccccc4)cc3)c3ccc(-c4ccccc4)cc3)ccc3c2oc2c4ccccc4c4ccccc4c32)c([2H])c1[2H]. The first-order valence-corrected chi connectivity index (χ1v) is 17.4. The predicted octanol–water partition coefficient (Wildman–Crippen LogP) is 14.4. The van der Waals surface area contributed by atoms with Crippen molar-refractivity contribution in [3.8, 4) is 33.4 Å². The van der Waals surface area contributed by atoms with Crippen LogP contribution in [0.4, 0.5) is 17.1 Å². The molecular formula is C50H33NO. The minimum Gasteiger partial charge on any atom is -0.455 e. The molecule has 0 saturated heterocycles. The molecular weight excluding hydrogens is 631 g/mol. The number of rotatable bonds is 6. The first kappa shape index (κ1) is 25.1. The Morgan fingerprint density at radius 2 is 0.846 bits per heavy atom. The average Bonchev–Trinajstić information content (AvgIpc) is 3.67. The normalized spacial score (nSPS) is 12.8. The largest absolute Gasteiger partial charge is 0.455 e. The molecule has 0 radical (unpaired) electrons. The van der Waals surface area contributed by atoms with Gasteiger partial charge in [0.05, 0.1) is 12.5 Å². The van der Waals surface area contributed by atoms with Gasteiger partial charge >= 0.3 is 0 Å². The van der Waals surface area contributed by atoms with Gasteiger partial charge in [-0.15, -0.1) is 0 Å². The molecule has 0 bridgehead atoms. The Labute approximate surface area is 309 Å². The molecule has 0 saturated carbocycles. The molecule has 0 aliphatic heterocycles. The molecule has 0 amide bonds. The second-order valence-electron chi connectivity index (χ2n) is 12.9. The van der Waals surface area contributed by atoms with Gasteiger partial charge in [-0.05, 0) is 80.4 Å². The molecule has 10 aromatic rings. The maximum Gasteiger partial charge on any atom is 0.145 e. The first-order valence-electron chi connectivity index (χ1n) is 19.9. The van der Waals surface area contributed by atoms with E-state index < -0.39 is 18.1 Å². The highest BCUT2D eigenvalue weighted by molar-refractivity contribution is 6.31. The summed E-state index contributed by atoms with van der Waals surface area (Å²) in [7, 11) is 0. The summed E-state index contributed by atoms with van der Waals surface area (Å²) in [5.74, 6) is 0. The number of furan rings is 1. The van der Waals surface area contributed by atoms with Gasteiger partial charge < -0.3 is 9.32 Å². The van der Waals surface area contributed by atoms with Crippen molar-refractivity contribution in [1.82, 2.24) is 0 Å². The molecule has 9 aromatic carbocycles. The second-order valence-corrected chi connectivity index (χ2v) is 12.9. The molecule has 10 rings (SSSR count). The number of benzene rings is 9.